The second-order valence-electron chi connectivity index (χ2n) is 9.74. The molecule has 0 amide bonds. The van der Waals surface area contributed by atoms with Gasteiger partial charge in [0.2, 0.25) is 5.95 Å². The van der Waals surface area contributed by atoms with Gasteiger partial charge in [0.05, 0.1) is 28.4 Å². The van der Waals surface area contributed by atoms with Crippen LogP contribution in [0.1, 0.15) is 38.3 Å². The molecule has 0 radical (unpaired) electrons. The van der Waals surface area contributed by atoms with Crippen molar-refractivity contribution >= 4 is 11.7 Å². The van der Waals surface area contributed by atoms with Gasteiger partial charge in [-0.25, -0.2) is 4.68 Å². The molecule has 1 aliphatic carbocycles. The summed E-state index contributed by atoms with van der Waals surface area (Å²) in [5.74, 6) is 3.56. The molecular weight excluding hydrogens is 460 g/mol. The van der Waals surface area contributed by atoms with Crippen LogP contribution in [0, 0.1) is 5.41 Å². The number of benzene rings is 2. The fourth-order valence-corrected chi connectivity index (χ4v) is 5.03. The molecule has 36 heavy (non-hydrogen) atoms. The topological polar surface area (TPSA) is 96.7 Å². The Balaban J connectivity index is 1.72. The first kappa shape index (κ1) is 23.7. The van der Waals surface area contributed by atoms with E-state index in [0.717, 1.165) is 22.6 Å². The number of ketones is 1. The monoisotopic (exact) mass is 490 g/mol. The quantitative estimate of drug-likeness (QED) is 0.534. The van der Waals surface area contributed by atoms with Gasteiger partial charge in [-0.2, -0.15) is 4.98 Å². The number of carbonyl (C=O) groups is 1. The second-order valence-corrected chi connectivity index (χ2v) is 9.74. The summed E-state index contributed by atoms with van der Waals surface area (Å²) >= 11 is 0. The number of hydrogen-bond donors (Lipinski definition) is 1. The lowest BCUT2D eigenvalue weighted by Crippen LogP contribution is -2.36. The molecule has 1 N–H and O–H groups in total. The molecule has 3 aromatic rings. The molecular formula is C27H30N4O5. The molecule has 2 aliphatic rings. The highest BCUT2D eigenvalue weighted by Crippen LogP contribution is 2.49. The van der Waals surface area contributed by atoms with Crippen molar-refractivity contribution in [2.24, 2.45) is 5.41 Å². The minimum atomic E-state index is -0.547. The van der Waals surface area contributed by atoms with Crippen molar-refractivity contribution in [3.8, 4) is 34.4 Å². The number of nitrogens with one attached hydrogen (secondary N) is 1. The fourth-order valence-electron chi connectivity index (χ4n) is 5.03. The molecule has 188 valence electrons. The van der Waals surface area contributed by atoms with Gasteiger partial charge < -0.3 is 24.3 Å². The Morgan fingerprint density at radius 2 is 1.58 bits per heavy atom. The Morgan fingerprint density at radius 3 is 2.22 bits per heavy atom. The number of hydrogen-bond acceptors (Lipinski definition) is 8. The summed E-state index contributed by atoms with van der Waals surface area (Å²) in [4.78, 5) is 18.4. The van der Waals surface area contributed by atoms with Gasteiger partial charge in [0.15, 0.2) is 23.1 Å². The Hall–Kier alpha value is -4.01. The Morgan fingerprint density at radius 1 is 0.917 bits per heavy atom. The average molecular weight is 491 g/mol. The van der Waals surface area contributed by atoms with Gasteiger partial charge in [0.1, 0.15) is 17.5 Å². The van der Waals surface area contributed by atoms with Crippen LogP contribution in [0.4, 0.5) is 5.95 Å². The van der Waals surface area contributed by atoms with Crippen LogP contribution in [0.25, 0.3) is 11.4 Å². The van der Waals surface area contributed by atoms with E-state index in [0.29, 0.717) is 47.4 Å². The number of methoxy groups -OCH3 is 4. The molecule has 0 spiro atoms. The normalized spacial score (nSPS) is 18.2. The number of carbonyl (C=O) groups excluding carboxylic acids is 1. The van der Waals surface area contributed by atoms with E-state index < -0.39 is 6.04 Å². The molecule has 1 aliphatic heterocycles. The SMILES string of the molecule is COc1ccc(-c2nc3n(n2)C(c2cc(OC)c(OC)cc2OC)C2=C(CC(C)(C)CC2=O)N3)cc1. The van der Waals surface area contributed by atoms with Crippen LogP contribution < -0.4 is 24.3 Å². The summed E-state index contributed by atoms with van der Waals surface area (Å²) in [5.41, 5.74) is 2.93. The molecule has 1 aromatic heterocycles. The highest BCUT2D eigenvalue weighted by Gasteiger charge is 2.43. The first-order chi connectivity index (χ1) is 17.3. The smallest absolute Gasteiger partial charge is 0.226 e. The van der Waals surface area contributed by atoms with E-state index in [4.69, 9.17) is 29.0 Å². The first-order valence-electron chi connectivity index (χ1n) is 11.7. The predicted octanol–water partition coefficient (Wildman–Crippen LogP) is 4.64. The van der Waals surface area contributed by atoms with Crippen molar-refractivity contribution in [3.63, 3.8) is 0 Å². The summed E-state index contributed by atoms with van der Waals surface area (Å²) in [7, 11) is 6.38. The maximum atomic E-state index is 13.6. The van der Waals surface area contributed by atoms with Gasteiger partial charge in [-0.05, 0) is 42.2 Å². The zero-order valence-corrected chi connectivity index (χ0v) is 21.3. The molecule has 2 aromatic carbocycles. The van der Waals surface area contributed by atoms with Gasteiger partial charge in [0, 0.05) is 34.9 Å². The van der Waals surface area contributed by atoms with Crippen molar-refractivity contribution in [1.82, 2.24) is 14.8 Å². The van der Waals surface area contributed by atoms with Crippen molar-refractivity contribution in [3.05, 3.63) is 53.2 Å². The van der Waals surface area contributed by atoms with Crippen molar-refractivity contribution in [2.75, 3.05) is 33.8 Å². The Labute approximate surface area is 210 Å². The summed E-state index contributed by atoms with van der Waals surface area (Å²) in [5, 5.41) is 8.27. The molecule has 9 heteroatoms. The van der Waals surface area contributed by atoms with Gasteiger partial charge in [-0.1, -0.05) is 13.8 Å². The third kappa shape index (κ3) is 3.94. The number of Topliss-reactive ketones (excluding diaryl/α,β-unsaturated/α-hetero) is 1. The van der Waals surface area contributed by atoms with E-state index in [1.54, 1.807) is 39.2 Å². The number of nitrogens with zero attached hydrogens (tertiary/aromatic N) is 3. The number of anilines is 1. The third-order valence-electron chi connectivity index (χ3n) is 6.71. The van der Waals surface area contributed by atoms with E-state index in [1.165, 1.54) is 0 Å². The highest BCUT2D eigenvalue weighted by molar-refractivity contribution is 6.00. The molecule has 0 bridgehead atoms. The second kappa shape index (κ2) is 8.89. The van der Waals surface area contributed by atoms with Crippen LogP contribution in [0.15, 0.2) is 47.7 Å². The first-order valence-corrected chi connectivity index (χ1v) is 11.7. The van der Waals surface area contributed by atoms with Gasteiger partial charge in [0.25, 0.3) is 0 Å². The number of ether oxygens (including phenoxy) is 4. The lowest BCUT2D eigenvalue weighted by atomic mass is 9.73. The molecule has 5 rings (SSSR count). The van der Waals surface area contributed by atoms with E-state index in [9.17, 15) is 4.79 Å². The van der Waals surface area contributed by atoms with Crippen LogP contribution in [-0.2, 0) is 4.79 Å². The zero-order valence-electron chi connectivity index (χ0n) is 21.3. The minimum absolute atomic E-state index is 0.0720. The van der Waals surface area contributed by atoms with Crippen LogP contribution in [-0.4, -0.2) is 49.0 Å². The summed E-state index contributed by atoms with van der Waals surface area (Å²) in [6, 6.07) is 10.6. The zero-order chi connectivity index (χ0) is 25.6. The van der Waals surface area contributed by atoms with Crippen LogP contribution in [0.5, 0.6) is 23.0 Å². The van der Waals surface area contributed by atoms with Crippen LogP contribution in [0.3, 0.4) is 0 Å². The van der Waals surface area contributed by atoms with E-state index in [2.05, 4.69) is 19.2 Å². The molecule has 0 saturated carbocycles. The predicted molar refractivity (Wildman–Crippen MR) is 135 cm³/mol. The van der Waals surface area contributed by atoms with Crippen molar-refractivity contribution in [1.29, 1.82) is 0 Å². The lowest BCUT2D eigenvalue weighted by molar-refractivity contribution is -0.118. The van der Waals surface area contributed by atoms with E-state index in [1.807, 2.05) is 30.3 Å². The summed E-state index contributed by atoms with van der Waals surface area (Å²) in [6.07, 6.45) is 1.15. The van der Waals surface area contributed by atoms with E-state index >= 15 is 0 Å². The molecule has 1 atom stereocenters. The third-order valence-corrected chi connectivity index (χ3v) is 6.71. The summed E-state index contributed by atoms with van der Waals surface area (Å²) in [6.45, 7) is 4.20. The van der Waals surface area contributed by atoms with Crippen LogP contribution >= 0.6 is 0 Å². The highest BCUT2D eigenvalue weighted by atomic mass is 16.5. The number of fused-ring (bicyclic) bond motifs is 1. The number of aromatic nitrogens is 3. The van der Waals surface area contributed by atoms with Gasteiger partial charge in [-0.3, -0.25) is 4.79 Å². The number of rotatable bonds is 6. The van der Waals surface area contributed by atoms with Gasteiger partial charge in [-0.15, -0.1) is 5.10 Å². The maximum Gasteiger partial charge on any atom is 0.226 e. The van der Waals surface area contributed by atoms with Crippen molar-refractivity contribution < 1.29 is 23.7 Å². The molecule has 1 unspecified atom stereocenters. The van der Waals surface area contributed by atoms with Crippen molar-refractivity contribution in [2.45, 2.75) is 32.7 Å². The van der Waals surface area contributed by atoms with Crippen LogP contribution in [0.2, 0.25) is 0 Å². The number of allylic oxidation sites excluding steroid dienone is 2. The average Bonchev–Trinajstić information content (AvgIpc) is 3.29. The van der Waals surface area contributed by atoms with Gasteiger partial charge >= 0.3 is 0 Å². The fraction of sp³-hybridized carbons (Fsp3) is 0.370. The standard InChI is InChI=1S/C27H30N4O5/c1-27(2)13-18-23(19(32)14-27)24(17-11-21(35-5)22(36-6)12-20(17)34-4)31-26(28-18)29-25(30-31)15-7-9-16(33-3)10-8-15/h7-12,24H,13-14H2,1-6H3,(H,28,29,30). The largest absolute Gasteiger partial charge is 0.497 e. The molecule has 2 heterocycles. The maximum absolute atomic E-state index is 13.6. The Kier molecular flexibility index (Phi) is 5.86. The molecule has 0 saturated heterocycles. The molecule has 9 nitrogen and oxygen atoms in total. The molecule has 0 fully saturated rings. The minimum Gasteiger partial charge on any atom is -0.497 e. The Bertz CT molecular complexity index is 1360. The lowest BCUT2D eigenvalue weighted by Gasteiger charge is -2.38. The van der Waals surface area contributed by atoms with E-state index in [-0.39, 0.29) is 11.2 Å². The summed E-state index contributed by atoms with van der Waals surface area (Å²) < 4.78 is 23.9.